The third kappa shape index (κ3) is 5.66. The van der Waals surface area contributed by atoms with Crippen molar-refractivity contribution in [3.8, 4) is 11.1 Å². The normalized spacial score (nSPS) is 13.7. The van der Waals surface area contributed by atoms with Crippen LogP contribution in [0.2, 0.25) is 0 Å². The topological polar surface area (TPSA) is 105 Å². The molecule has 1 aliphatic rings. The Kier molecular flexibility index (Phi) is 7.72. The van der Waals surface area contributed by atoms with Gasteiger partial charge in [0.05, 0.1) is 0 Å². The van der Waals surface area contributed by atoms with Gasteiger partial charge in [-0.2, -0.15) is 12.6 Å². The summed E-state index contributed by atoms with van der Waals surface area (Å²) < 4.78 is 5.49. The third-order valence-electron chi connectivity index (χ3n) is 6.03. The number of carboxylic acid groups (broad SMARTS) is 1. The number of benzene rings is 3. The lowest BCUT2D eigenvalue weighted by Crippen LogP contribution is -2.53. The first-order valence-electron chi connectivity index (χ1n) is 11.3. The number of rotatable bonds is 9. The van der Waals surface area contributed by atoms with Gasteiger partial charge in [0.25, 0.3) is 0 Å². The standard InChI is InChI=1S/C27H26N2O5S/c30-25(28-23(26(31)32)14-17-8-2-1-3-9-17)24(16-35)29-27(33)34-15-22-20-12-6-4-10-18(20)19-11-5-7-13-21(19)22/h1-13,22-24,35H,14-16H2,(H,28,30)(H,29,33)(H,31,32). The highest BCUT2D eigenvalue weighted by molar-refractivity contribution is 7.80. The minimum absolute atomic E-state index is 0.0201. The van der Waals surface area contributed by atoms with Gasteiger partial charge in [0, 0.05) is 18.1 Å². The van der Waals surface area contributed by atoms with E-state index < -0.39 is 30.1 Å². The fraction of sp³-hybridized carbons (Fsp3) is 0.222. The highest BCUT2D eigenvalue weighted by Gasteiger charge is 2.30. The Morgan fingerprint density at radius 2 is 1.40 bits per heavy atom. The minimum Gasteiger partial charge on any atom is -0.480 e. The molecule has 0 radical (unpaired) electrons. The number of fused-ring (bicyclic) bond motifs is 3. The lowest BCUT2D eigenvalue weighted by molar-refractivity contribution is -0.142. The summed E-state index contributed by atoms with van der Waals surface area (Å²) in [6, 6.07) is 22.8. The molecular formula is C27H26N2O5S. The second kappa shape index (κ2) is 11.1. The summed E-state index contributed by atoms with van der Waals surface area (Å²) >= 11 is 4.15. The first-order chi connectivity index (χ1) is 17.0. The van der Waals surface area contributed by atoms with Gasteiger partial charge in [-0.3, -0.25) is 4.79 Å². The van der Waals surface area contributed by atoms with E-state index in [1.165, 1.54) is 0 Å². The van der Waals surface area contributed by atoms with Crippen molar-refractivity contribution in [1.82, 2.24) is 10.6 Å². The van der Waals surface area contributed by atoms with Gasteiger partial charge >= 0.3 is 12.1 Å². The molecule has 7 nitrogen and oxygen atoms in total. The first kappa shape index (κ1) is 24.3. The lowest BCUT2D eigenvalue weighted by atomic mass is 9.98. The average Bonchev–Trinajstić information content (AvgIpc) is 3.19. The Morgan fingerprint density at radius 3 is 1.97 bits per heavy atom. The summed E-state index contributed by atoms with van der Waals surface area (Å²) in [5.74, 6) is -1.94. The Hall–Kier alpha value is -3.78. The van der Waals surface area contributed by atoms with Gasteiger partial charge in [-0.25, -0.2) is 9.59 Å². The molecule has 0 heterocycles. The average molecular weight is 491 g/mol. The fourth-order valence-electron chi connectivity index (χ4n) is 4.30. The van der Waals surface area contributed by atoms with Crippen LogP contribution in [0.15, 0.2) is 78.9 Å². The number of hydrogen-bond donors (Lipinski definition) is 4. The first-order valence-corrected chi connectivity index (χ1v) is 11.9. The predicted molar refractivity (Wildman–Crippen MR) is 136 cm³/mol. The number of alkyl carbamates (subject to hydrolysis) is 1. The van der Waals surface area contributed by atoms with Gasteiger partial charge in [0.1, 0.15) is 18.7 Å². The summed E-state index contributed by atoms with van der Waals surface area (Å²) in [4.78, 5) is 36.9. The van der Waals surface area contributed by atoms with Crippen LogP contribution in [0.4, 0.5) is 4.79 Å². The summed E-state index contributed by atoms with van der Waals surface area (Å²) in [6.45, 7) is 0.104. The Bertz CT molecular complexity index is 1170. The zero-order chi connectivity index (χ0) is 24.8. The van der Waals surface area contributed by atoms with Gasteiger partial charge < -0.3 is 20.5 Å². The molecule has 180 valence electrons. The van der Waals surface area contributed by atoms with Crippen molar-refractivity contribution in [3.05, 3.63) is 95.6 Å². The van der Waals surface area contributed by atoms with Crippen molar-refractivity contribution in [2.45, 2.75) is 24.4 Å². The van der Waals surface area contributed by atoms with E-state index in [1.54, 1.807) is 24.3 Å². The molecule has 0 bridgehead atoms. The second-order valence-corrected chi connectivity index (χ2v) is 8.66. The van der Waals surface area contributed by atoms with Crippen molar-refractivity contribution < 1.29 is 24.2 Å². The molecule has 4 rings (SSSR count). The largest absolute Gasteiger partial charge is 0.480 e. The van der Waals surface area contributed by atoms with Crippen LogP contribution in [0.1, 0.15) is 22.6 Å². The van der Waals surface area contributed by atoms with E-state index >= 15 is 0 Å². The zero-order valence-corrected chi connectivity index (χ0v) is 19.8. The van der Waals surface area contributed by atoms with Crippen LogP contribution < -0.4 is 10.6 Å². The fourth-order valence-corrected chi connectivity index (χ4v) is 4.56. The van der Waals surface area contributed by atoms with Crippen molar-refractivity contribution in [3.63, 3.8) is 0 Å². The quantitative estimate of drug-likeness (QED) is 0.343. The van der Waals surface area contributed by atoms with Gasteiger partial charge in [-0.05, 0) is 27.8 Å². The number of carboxylic acids is 1. The number of nitrogens with one attached hydrogen (secondary N) is 2. The van der Waals surface area contributed by atoms with Crippen LogP contribution in [0.3, 0.4) is 0 Å². The van der Waals surface area contributed by atoms with Crippen LogP contribution in [0.5, 0.6) is 0 Å². The smallest absolute Gasteiger partial charge is 0.407 e. The van der Waals surface area contributed by atoms with E-state index in [1.807, 2.05) is 54.6 Å². The summed E-state index contributed by atoms with van der Waals surface area (Å²) in [5, 5.41) is 14.5. The maximum atomic E-state index is 12.7. The van der Waals surface area contributed by atoms with Gasteiger partial charge in [0.15, 0.2) is 0 Å². The second-order valence-electron chi connectivity index (χ2n) is 8.29. The summed E-state index contributed by atoms with van der Waals surface area (Å²) in [7, 11) is 0. The number of thiol groups is 1. The lowest BCUT2D eigenvalue weighted by Gasteiger charge is -2.21. The number of hydrogen-bond acceptors (Lipinski definition) is 5. The molecule has 35 heavy (non-hydrogen) atoms. The van der Waals surface area contributed by atoms with Crippen molar-refractivity contribution in [2.75, 3.05) is 12.4 Å². The molecule has 0 aromatic heterocycles. The SMILES string of the molecule is O=C(NC(CS)C(=O)NC(Cc1ccccc1)C(=O)O)OCC1c2ccccc2-c2ccccc21. The molecule has 2 unspecified atom stereocenters. The van der Waals surface area contributed by atoms with Crippen molar-refractivity contribution >= 4 is 30.6 Å². The van der Waals surface area contributed by atoms with Crippen LogP contribution in [0, 0.1) is 0 Å². The van der Waals surface area contributed by atoms with Gasteiger partial charge in [-0.1, -0.05) is 78.9 Å². The van der Waals surface area contributed by atoms with Gasteiger partial charge in [-0.15, -0.1) is 0 Å². The van der Waals surface area contributed by atoms with E-state index in [0.717, 1.165) is 27.8 Å². The van der Waals surface area contributed by atoms with E-state index in [4.69, 9.17) is 4.74 Å². The molecular weight excluding hydrogens is 464 g/mol. The van der Waals surface area contributed by atoms with Crippen LogP contribution in [0.25, 0.3) is 11.1 Å². The van der Waals surface area contributed by atoms with E-state index in [2.05, 4.69) is 23.3 Å². The molecule has 0 saturated heterocycles. The molecule has 3 aromatic rings. The third-order valence-corrected chi connectivity index (χ3v) is 6.40. The molecule has 0 aliphatic heterocycles. The Morgan fingerprint density at radius 1 is 0.829 bits per heavy atom. The molecule has 1 aliphatic carbocycles. The van der Waals surface area contributed by atoms with Crippen LogP contribution >= 0.6 is 12.6 Å². The Balaban J connectivity index is 1.36. The van der Waals surface area contributed by atoms with Gasteiger partial charge in [0.2, 0.25) is 5.91 Å². The van der Waals surface area contributed by atoms with Crippen molar-refractivity contribution in [1.29, 1.82) is 0 Å². The van der Waals surface area contributed by atoms with E-state index in [-0.39, 0.29) is 24.7 Å². The highest BCUT2D eigenvalue weighted by Crippen LogP contribution is 2.44. The monoisotopic (exact) mass is 490 g/mol. The van der Waals surface area contributed by atoms with Crippen LogP contribution in [-0.4, -0.2) is 47.5 Å². The maximum Gasteiger partial charge on any atom is 0.407 e. The van der Waals surface area contributed by atoms with Crippen LogP contribution in [-0.2, 0) is 20.7 Å². The molecule has 2 amide bonds. The molecule has 3 aromatic carbocycles. The molecule has 0 spiro atoms. The number of ether oxygens (including phenoxy) is 1. The summed E-state index contributed by atoms with van der Waals surface area (Å²) in [5.41, 5.74) is 5.16. The molecule has 3 N–H and O–H groups in total. The molecule has 0 saturated carbocycles. The molecule has 2 atom stereocenters. The van der Waals surface area contributed by atoms with E-state index in [0.29, 0.717) is 0 Å². The molecule has 0 fully saturated rings. The number of carbonyl (C=O) groups excluding carboxylic acids is 2. The maximum absolute atomic E-state index is 12.7. The number of carbonyl (C=O) groups is 3. The summed E-state index contributed by atoms with van der Waals surface area (Å²) in [6.07, 6.45) is -0.650. The zero-order valence-electron chi connectivity index (χ0n) is 18.9. The number of aliphatic carboxylic acids is 1. The van der Waals surface area contributed by atoms with Crippen molar-refractivity contribution in [2.24, 2.45) is 0 Å². The predicted octanol–water partition coefficient (Wildman–Crippen LogP) is 3.64. The Labute approximate surface area is 208 Å². The highest BCUT2D eigenvalue weighted by atomic mass is 32.1. The number of amides is 2. The molecule has 8 heteroatoms. The van der Waals surface area contributed by atoms with E-state index in [9.17, 15) is 19.5 Å². The minimum atomic E-state index is -1.17.